The summed E-state index contributed by atoms with van der Waals surface area (Å²) >= 11 is 1.82. The lowest BCUT2D eigenvalue weighted by atomic mass is 10.1. The molecule has 0 spiro atoms. The molecular formula is C7H10OS. The monoisotopic (exact) mass is 142 g/mol. The Bertz CT molecular complexity index is 170. The average molecular weight is 142 g/mol. The maximum atomic E-state index is 10.8. The molecule has 1 aliphatic heterocycles. The van der Waals surface area contributed by atoms with E-state index in [0.717, 1.165) is 17.1 Å². The predicted octanol–water partition coefficient (Wildman–Crippen LogP) is 1.64. The van der Waals surface area contributed by atoms with Gasteiger partial charge in [-0.2, -0.15) is 11.8 Å². The molecule has 50 valence electrons. The van der Waals surface area contributed by atoms with Crippen molar-refractivity contribution in [2.75, 3.05) is 11.5 Å². The summed E-state index contributed by atoms with van der Waals surface area (Å²) in [6, 6.07) is 0. The van der Waals surface area contributed by atoms with E-state index >= 15 is 0 Å². The van der Waals surface area contributed by atoms with Crippen LogP contribution in [-0.2, 0) is 4.79 Å². The average Bonchev–Trinajstić information content (AvgIpc) is 2.13. The molecule has 0 atom stereocenters. The number of Topliss-reactive ketones (excluding diaryl/α,β-unsaturated/α-hetero) is 1. The Morgan fingerprint density at radius 1 is 1.56 bits per heavy atom. The van der Waals surface area contributed by atoms with Crippen molar-refractivity contribution in [3.05, 3.63) is 11.1 Å². The third-order valence-electron chi connectivity index (χ3n) is 1.51. The number of thioether (sulfide) groups is 1. The van der Waals surface area contributed by atoms with Crippen molar-refractivity contribution < 1.29 is 4.79 Å². The lowest BCUT2D eigenvalue weighted by Crippen LogP contribution is -1.97. The van der Waals surface area contributed by atoms with E-state index in [1.807, 2.05) is 18.7 Å². The molecule has 2 heteroatoms. The summed E-state index contributed by atoms with van der Waals surface area (Å²) in [6.45, 7) is 3.68. The fraction of sp³-hybridized carbons (Fsp3) is 0.571. The first kappa shape index (κ1) is 6.87. The molecule has 0 bridgehead atoms. The number of ketones is 1. The van der Waals surface area contributed by atoms with E-state index in [0.29, 0.717) is 0 Å². The minimum absolute atomic E-state index is 0.248. The van der Waals surface area contributed by atoms with Crippen LogP contribution in [0.5, 0.6) is 0 Å². The molecule has 1 nitrogen and oxygen atoms in total. The van der Waals surface area contributed by atoms with Gasteiger partial charge in [0.2, 0.25) is 0 Å². The number of rotatable bonds is 1. The molecule has 0 aromatic heterocycles. The zero-order chi connectivity index (χ0) is 6.85. The van der Waals surface area contributed by atoms with E-state index in [-0.39, 0.29) is 5.78 Å². The van der Waals surface area contributed by atoms with Gasteiger partial charge in [-0.25, -0.2) is 0 Å². The highest BCUT2D eigenvalue weighted by Gasteiger charge is 2.13. The highest BCUT2D eigenvalue weighted by molar-refractivity contribution is 8.00. The fourth-order valence-corrected chi connectivity index (χ4v) is 2.15. The predicted molar refractivity (Wildman–Crippen MR) is 40.7 cm³/mol. The Labute approximate surface area is 59.5 Å². The van der Waals surface area contributed by atoms with Crippen molar-refractivity contribution in [1.82, 2.24) is 0 Å². The van der Waals surface area contributed by atoms with Crippen LogP contribution in [0.2, 0.25) is 0 Å². The molecule has 0 saturated carbocycles. The van der Waals surface area contributed by atoms with Crippen LogP contribution < -0.4 is 0 Å². The van der Waals surface area contributed by atoms with Gasteiger partial charge >= 0.3 is 0 Å². The normalized spacial score (nSPS) is 18.9. The van der Waals surface area contributed by atoms with Crippen molar-refractivity contribution in [3.8, 4) is 0 Å². The van der Waals surface area contributed by atoms with Gasteiger partial charge in [0.15, 0.2) is 5.78 Å². The van der Waals surface area contributed by atoms with Crippen molar-refractivity contribution in [3.63, 3.8) is 0 Å². The summed E-state index contributed by atoms with van der Waals surface area (Å²) in [5.41, 5.74) is 2.31. The lowest BCUT2D eigenvalue weighted by Gasteiger charge is -1.92. The van der Waals surface area contributed by atoms with E-state index < -0.39 is 0 Å². The van der Waals surface area contributed by atoms with Gasteiger partial charge in [0.05, 0.1) is 0 Å². The molecule has 0 aromatic rings. The quantitative estimate of drug-likeness (QED) is 0.553. The first-order valence-electron chi connectivity index (χ1n) is 2.99. The molecule has 0 amide bonds. The third-order valence-corrected chi connectivity index (χ3v) is 2.64. The zero-order valence-electron chi connectivity index (χ0n) is 5.73. The van der Waals surface area contributed by atoms with Gasteiger partial charge in [0.1, 0.15) is 0 Å². The highest BCUT2D eigenvalue weighted by Crippen LogP contribution is 2.24. The number of hydrogen-bond donors (Lipinski definition) is 0. The summed E-state index contributed by atoms with van der Waals surface area (Å²) in [6.07, 6.45) is 0. The minimum atomic E-state index is 0.248. The van der Waals surface area contributed by atoms with Crippen LogP contribution in [0.3, 0.4) is 0 Å². The molecule has 1 heterocycles. The van der Waals surface area contributed by atoms with E-state index in [2.05, 4.69) is 0 Å². The van der Waals surface area contributed by atoms with Gasteiger partial charge in [-0.15, -0.1) is 0 Å². The van der Waals surface area contributed by atoms with Crippen LogP contribution >= 0.6 is 11.8 Å². The Kier molecular flexibility index (Phi) is 1.96. The standard InChI is InChI=1S/C7H10OS/c1-5-3-9-4-7(5)6(2)8/h3-4H2,1-2H3. The molecule has 0 aliphatic carbocycles. The van der Waals surface area contributed by atoms with Gasteiger partial charge < -0.3 is 0 Å². The summed E-state index contributed by atoms with van der Waals surface area (Å²) in [7, 11) is 0. The topological polar surface area (TPSA) is 17.1 Å². The molecule has 0 N–H and O–H groups in total. The summed E-state index contributed by atoms with van der Waals surface area (Å²) in [5.74, 6) is 2.23. The van der Waals surface area contributed by atoms with Crippen molar-refractivity contribution in [2.24, 2.45) is 0 Å². The maximum Gasteiger partial charge on any atom is 0.156 e. The fourth-order valence-electron chi connectivity index (χ4n) is 0.919. The molecule has 1 aliphatic rings. The molecule has 0 saturated heterocycles. The van der Waals surface area contributed by atoms with Crippen molar-refractivity contribution >= 4 is 17.5 Å². The largest absolute Gasteiger partial charge is 0.295 e. The van der Waals surface area contributed by atoms with Gasteiger partial charge in [-0.05, 0) is 13.8 Å². The second-order valence-electron chi connectivity index (χ2n) is 2.31. The summed E-state index contributed by atoms with van der Waals surface area (Å²) < 4.78 is 0. The number of carbonyl (C=O) groups is 1. The van der Waals surface area contributed by atoms with Gasteiger partial charge in [0.25, 0.3) is 0 Å². The second-order valence-corrected chi connectivity index (χ2v) is 3.29. The van der Waals surface area contributed by atoms with Crippen LogP contribution in [0.4, 0.5) is 0 Å². The van der Waals surface area contributed by atoms with Crippen LogP contribution in [0.15, 0.2) is 11.1 Å². The van der Waals surface area contributed by atoms with Crippen LogP contribution in [0, 0.1) is 0 Å². The van der Waals surface area contributed by atoms with E-state index in [1.54, 1.807) is 6.92 Å². The Morgan fingerprint density at radius 3 is 2.44 bits per heavy atom. The Morgan fingerprint density at radius 2 is 2.22 bits per heavy atom. The minimum Gasteiger partial charge on any atom is -0.295 e. The second kappa shape index (κ2) is 2.56. The zero-order valence-corrected chi connectivity index (χ0v) is 6.55. The van der Waals surface area contributed by atoms with Gasteiger partial charge in [-0.3, -0.25) is 4.79 Å². The van der Waals surface area contributed by atoms with E-state index in [1.165, 1.54) is 5.57 Å². The molecule has 0 aromatic carbocycles. The smallest absolute Gasteiger partial charge is 0.156 e. The van der Waals surface area contributed by atoms with Crippen LogP contribution in [0.1, 0.15) is 13.8 Å². The highest BCUT2D eigenvalue weighted by atomic mass is 32.2. The first-order chi connectivity index (χ1) is 4.22. The van der Waals surface area contributed by atoms with Crippen molar-refractivity contribution in [1.29, 1.82) is 0 Å². The Hall–Kier alpha value is -0.240. The van der Waals surface area contributed by atoms with Crippen LogP contribution in [-0.4, -0.2) is 17.3 Å². The molecule has 1 rings (SSSR count). The summed E-state index contributed by atoms with van der Waals surface area (Å²) in [5, 5.41) is 0. The van der Waals surface area contributed by atoms with Gasteiger partial charge in [0, 0.05) is 17.1 Å². The molecule has 0 fully saturated rings. The SMILES string of the molecule is CC(=O)C1=C(C)CSC1. The first-order valence-corrected chi connectivity index (χ1v) is 4.14. The number of carbonyl (C=O) groups excluding carboxylic acids is 1. The molecule has 0 radical (unpaired) electrons. The summed E-state index contributed by atoms with van der Waals surface area (Å²) in [4.78, 5) is 10.8. The molecule has 9 heavy (non-hydrogen) atoms. The third kappa shape index (κ3) is 1.36. The number of hydrogen-bond acceptors (Lipinski definition) is 2. The lowest BCUT2D eigenvalue weighted by molar-refractivity contribution is -0.113. The Balaban J connectivity index is 2.78. The van der Waals surface area contributed by atoms with Crippen LogP contribution in [0.25, 0.3) is 0 Å². The maximum absolute atomic E-state index is 10.8. The van der Waals surface area contributed by atoms with Gasteiger partial charge in [-0.1, -0.05) is 5.57 Å². The molecule has 0 unspecified atom stereocenters. The van der Waals surface area contributed by atoms with E-state index in [9.17, 15) is 4.79 Å². The molecular weight excluding hydrogens is 132 g/mol. The van der Waals surface area contributed by atoms with Crippen molar-refractivity contribution in [2.45, 2.75) is 13.8 Å². The van der Waals surface area contributed by atoms with E-state index in [4.69, 9.17) is 0 Å².